The van der Waals surface area contributed by atoms with E-state index in [1.54, 1.807) is 17.2 Å². The zero-order valence-electron chi connectivity index (χ0n) is 17.9. The second kappa shape index (κ2) is 8.40. The molecule has 6 heteroatoms. The van der Waals surface area contributed by atoms with Gasteiger partial charge in [-0.2, -0.15) is 0 Å². The Labute approximate surface area is 176 Å². The van der Waals surface area contributed by atoms with E-state index in [-0.39, 0.29) is 16.9 Å². The molecule has 156 valence electrons. The van der Waals surface area contributed by atoms with E-state index in [1.807, 2.05) is 24.5 Å². The number of fused-ring (bicyclic) bond motifs is 1. The number of piperazine rings is 1. The molecule has 0 bridgehead atoms. The van der Waals surface area contributed by atoms with Crippen molar-refractivity contribution in [3.63, 3.8) is 0 Å². The van der Waals surface area contributed by atoms with Crippen molar-refractivity contribution in [2.75, 3.05) is 26.2 Å². The zero-order valence-corrected chi connectivity index (χ0v) is 17.9. The number of aromatic nitrogens is 2. The van der Waals surface area contributed by atoms with Crippen molar-refractivity contribution >= 4 is 16.9 Å². The summed E-state index contributed by atoms with van der Waals surface area (Å²) >= 11 is 0. The van der Waals surface area contributed by atoms with Gasteiger partial charge in [0.1, 0.15) is 11.2 Å². The maximum absolute atomic E-state index is 13.2. The Hall–Kier alpha value is -2.99. The monoisotopic (exact) mass is 404 g/mol. The highest BCUT2D eigenvalue weighted by atomic mass is 16.2. The maximum atomic E-state index is 13.2. The SMILES string of the molecule is CCn1cc(C(=O)N2CCN(Cc3ccc(C)cc3)CC2)c(=O)c2ccc(C)nc21. The van der Waals surface area contributed by atoms with E-state index >= 15 is 0 Å². The van der Waals surface area contributed by atoms with Crippen LogP contribution < -0.4 is 5.43 Å². The van der Waals surface area contributed by atoms with Crippen LogP contribution in [0.3, 0.4) is 0 Å². The van der Waals surface area contributed by atoms with Crippen LogP contribution in [0.1, 0.15) is 34.1 Å². The van der Waals surface area contributed by atoms with Crippen molar-refractivity contribution in [3.8, 4) is 0 Å². The molecule has 0 atom stereocenters. The average molecular weight is 405 g/mol. The molecule has 0 radical (unpaired) electrons. The topological polar surface area (TPSA) is 58.4 Å². The minimum absolute atomic E-state index is 0.181. The second-order valence-electron chi connectivity index (χ2n) is 8.04. The largest absolute Gasteiger partial charge is 0.336 e. The van der Waals surface area contributed by atoms with E-state index in [4.69, 9.17) is 0 Å². The first-order valence-electron chi connectivity index (χ1n) is 10.5. The molecular weight excluding hydrogens is 376 g/mol. The number of rotatable bonds is 4. The van der Waals surface area contributed by atoms with Crippen LogP contribution in [-0.4, -0.2) is 51.4 Å². The Kier molecular flexibility index (Phi) is 5.68. The van der Waals surface area contributed by atoms with Crippen LogP contribution >= 0.6 is 0 Å². The van der Waals surface area contributed by atoms with Crippen LogP contribution in [0, 0.1) is 13.8 Å². The van der Waals surface area contributed by atoms with Crippen LogP contribution in [0.25, 0.3) is 11.0 Å². The summed E-state index contributed by atoms with van der Waals surface area (Å²) in [5, 5.41) is 0.506. The molecule has 4 rings (SSSR count). The Morgan fingerprint density at radius 3 is 2.37 bits per heavy atom. The molecule has 0 saturated carbocycles. The minimum atomic E-state index is -0.228. The highest BCUT2D eigenvalue weighted by molar-refractivity contribution is 5.97. The van der Waals surface area contributed by atoms with Crippen molar-refractivity contribution < 1.29 is 4.79 Å². The number of hydrogen-bond acceptors (Lipinski definition) is 4. The summed E-state index contributed by atoms with van der Waals surface area (Å²) in [6, 6.07) is 12.2. The quantitative estimate of drug-likeness (QED) is 0.671. The van der Waals surface area contributed by atoms with Crippen LogP contribution in [0.2, 0.25) is 0 Å². The van der Waals surface area contributed by atoms with E-state index < -0.39 is 0 Å². The van der Waals surface area contributed by atoms with E-state index in [1.165, 1.54) is 11.1 Å². The van der Waals surface area contributed by atoms with E-state index in [9.17, 15) is 9.59 Å². The molecular formula is C24H28N4O2. The molecule has 1 saturated heterocycles. The lowest BCUT2D eigenvalue weighted by molar-refractivity contribution is 0.0626. The number of amides is 1. The van der Waals surface area contributed by atoms with Crippen molar-refractivity contribution in [2.45, 2.75) is 33.9 Å². The first-order chi connectivity index (χ1) is 14.5. The van der Waals surface area contributed by atoms with Crippen molar-refractivity contribution in [3.05, 3.63) is 75.2 Å². The fraction of sp³-hybridized carbons (Fsp3) is 0.375. The molecule has 0 unspecified atom stereocenters. The molecule has 1 aliphatic rings. The van der Waals surface area contributed by atoms with Crippen molar-refractivity contribution in [1.82, 2.24) is 19.4 Å². The number of aryl methyl sites for hydroxylation is 3. The average Bonchev–Trinajstić information content (AvgIpc) is 2.76. The van der Waals surface area contributed by atoms with Gasteiger partial charge in [0.05, 0.1) is 5.39 Å². The fourth-order valence-electron chi connectivity index (χ4n) is 3.98. The van der Waals surface area contributed by atoms with Gasteiger partial charge in [-0.3, -0.25) is 14.5 Å². The fourth-order valence-corrected chi connectivity index (χ4v) is 3.98. The lowest BCUT2D eigenvalue weighted by Crippen LogP contribution is -2.49. The van der Waals surface area contributed by atoms with Crippen molar-refractivity contribution in [2.24, 2.45) is 0 Å². The number of pyridine rings is 2. The normalized spacial score (nSPS) is 15.0. The van der Waals surface area contributed by atoms with Crippen LogP contribution in [-0.2, 0) is 13.1 Å². The van der Waals surface area contributed by atoms with Gasteiger partial charge in [-0.1, -0.05) is 29.8 Å². The molecule has 6 nitrogen and oxygen atoms in total. The molecule has 3 aromatic rings. The van der Waals surface area contributed by atoms with E-state index in [2.05, 4.69) is 41.1 Å². The lowest BCUT2D eigenvalue weighted by Gasteiger charge is -2.34. The smallest absolute Gasteiger partial charge is 0.259 e. The Morgan fingerprint density at radius 2 is 1.70 bits per heavy atom. The zero-order chi connectivity index (χ0) is 21.3. The van der Waals surface area contributed by atoms with Gasteiger partial charge in [0.2, 0.25) is 5.43 Å². The predicted molar refractivity (Wildman–Crippen MR) is 119 cm³/mol. The highest BCUT2D eigenvalue weighted by Gasteiger charge is 2.25. The third kappa shape index (κ3) is 4.00. The maximum Gasteiger partial charge on any atom is 0.259 e. The molecule has 1 amide bonds. The minimum Gasteiger partial charge on any atom is -0.336 e. The van der Waals surface area contributed by atoms with Crippen molar-refractivity contribution in [1.29, 1.82) is 0 Å². The third-order valence-corrected chi connectivity index (χ3v) is 5.82. The molecule has 2 aromatic heterocycles. The summed E-state index contributed by atoms with van der Waals surface area (Å²) in [6.07, 6.45) is 1.68. The van der Waals surface area contributed by atoms with Crippen LogP contribution in [0.15, 0.2) is 47.4 Å². The van der Waals surface area contributed by atoms with Gasteiger partial charge < -0.3 is 9.47 Å². The molecule has 0 N–H and O–H groups in total. The standard InChI is InChI=1S/C24H28N4O2/c1-4-27-16-21(22(29)20-10-7-18(3)25-23(20)27)24(30)28-13-11-26(12-14-28)15-19-8-5-17(2)6-9-19/h5-10,16H,4,11-15H2,1-3H3. The summed E-state index contributed by atoms with van der Waals surface area (Å²) in [7, 11) is 0. The number of nitrogens with zero attached hydrogens (tertiary/aromatic N) is 4. The van der Waals surface area contributed by atoms with Crippen LogP contribution in [0.4, 0.5) is 0 Å². The van der Waals surface area contributed by atoms with Gasteiger partial charge in [0.15, 0.2) is 0 Å². The Balaban J connectivity index is 1.51. The van der Waals surface area contributed by atoms with Gasteiger partial charge in [0.25, 0.3) is 5.91 Å². The second-order valence-corrected chi connectivity index (χ2v) is 8.04. The van der Waals surface area contributed by atoms with Gasteiger partial charge in [-0.05, 0) is 38.5 Å². The molecule has 0 aliphatic carbocycles. The summed E-state index contributed by atoms with van der Waals surface area (Å²) in [4.78, 5) is 34.9. The van der Waals surface area contributed by atoms with Crippen LogP contribution in [0.5, 0.6) is 0 Å². The summed E-state index contributed by atoms with van der Waals surface area (Å²) in [6.45, 7) is 10.4. The summed E-state index contributed by atoms with van der Waals surface area (Å²) in [5.74, 6) is -0.181. The van der Waals surface area contributed by atoms with Gasteiger partial charge in [-0.15, -0.1) is 0 Å². The van der Waals surface area contributed by atoms with Gasteiger partial charge in [-0.25, -0.2) is 4.98 Å². The highest BCUT2D eigenvalue weighted by Crippen LogP contribution is 2.15. The van der Waals surface area contributed by atoms with E-state index in [0.717, 1.165) is 25.3 Å². The number of hydrogen-bond donors (Lipinski definition) is 0. The molecule has 1 aromatic carbocycles. The third-order valence-electron chi connectivity index (χ3n) is 5.82. The van der Waals surface area contributed by atoms with E-state index in [0.29, 0.717) is 30.7 Å². The van der Waals surface area contributed by atoms with Gasteiger partial charge >= 0.3 is 0 Å². The predicted octanol–water partition coefficient (Wildman–Crippen LogP) is 2.99. The summed E-state index contributed by atoms with van der Waals surface area (Å²) in [5.41, 5.74) is 4.04. The molecule has 3 heterocycles. The molecule has 30 heavy (non-hydrogen) atoms. The van der Waals surface area contributed by atoms with Gasteiger partial charge in [0, 0.05) is 51.2 Å². The molecule has 1 fully saturated rings. The Morgan fingerprint density at radius 1 is 1.00 bits per heavy atom. The molecule has 1 aliphatic heterocycles. The molecule has 0 spiro atoms. The number of carbonyl (C=O) groups is 1. The number of carbonyl (C=O) groups excluding carboxylic acids is 1. The summed E-state index contributed by atoms with van der Waals surface area (Å²) < 4.78 is 1.89. The first-order valence-corrected chi connectivity index (χ1v) is 10.5. The Bertz CT molecular complexity index is 1130. The first kappa shape index (κ1) is 20.3. The number of benzene rings is 1. The lowest BCUT2D eigenvalue weighted by atomic mass is 10.1.